The fourth-order valence-corrected chi connectivity index (χ4v) is 2.65. The lowest BCUT2D eigenvalue weighted by atomic mass is 9.88. The third-order valence-corrected chi connectivity index (χ3v) is 4.17. The normalized spacial score (nSPS) is 30.3. The van der Waals surface area contributed by atoms with Crippen LogP contribution in [0.1, 0.15) is 56.5 Å². The summed E-state index contributed by atoms with van der Waals surface area (Å²) in [6, 6.07) is -7.49. The number of likely N-dealkylation sites (tertiary alicyclic amines) is 1. The molecule has 0 spiro atoms. The molecule has 128 valence electrons. The van der Waals surface area contributed by atoms with Crippen LogP contribution in [-0.2, 0) is 10.3 Å². The van der Waals surface area contributed by atoms with Crippen molar-refractivity contribution in [2.75, 3.05) is 20.1 Å². The fraction of sp³-hybridized carbons (Fsp3) is 0.429. The van der Waals surface area contributed by atoms with Crippen LogP contribution in [0.2, 0.25) is 5.02 Å². The summed E-state index contributed by atoms with van der Waals surface area (Å²) in [6.07, 6.45) is -1.72. The van der Waals surface area contributed by atoms with Gasteiger partial charge in [0.05, 0.1) is 12.3 Å². The average Bonchev–Trinajstić information content (AvgIpc) is 3.35. The molecule has 2 atom stereocenters. The van der Waals surface area contributed by atoms with E-state index in [1.165, 1.54) is 6.92 Å². The van der Waals surface area contributed by atoms with Crippen LogP contribution in [0, 0.1) is 0 Å². The molecule has 3 heteroatoms. The van der Waals surface area contributed by atoms with Crippen molar-refractivity contribution in [3.63, 3.8) is 0 Å². The van der Waals surface area contributed by atoms with E-state index >= 15 is 0 Å². The van der Waals surface area contributed by atoms with Crippen LogP contribution in [-0.4, -0.2) is 31.1 Å². The Balaban J connectivity index is 2.27. The predicted octanol–water partition coefficient (Wildman–Crippen LogP) is 5.10. The molecule has 1 aliphatic heterocycles. The first-order valence-corrected chi connectivity index (χ1v) is 7.91. The van der Waals surface area contributed by atoms with Crippen molar-refractivity contribution in [3.05, 3.63) is 70.5 Å². The van der Waals surface area contributed by atoms with Gasteiger partial charge >= 0.3 is 0 Å². The Morgan fingerprint density at radius 1 is 1.25 bits per heavy atom. The van der Waals surface area contributed by atoms with E-state index in [0.717, 1.165) is 4.90 Å². The van der Waals surface area contributed by atoms with Gasteiger partial charge in [0.1, 0.15) is 5.60 Å². The molecule has 2 aromatic rings. The minimum atomic E-state index is -2.58. The molecule has 0 bridgehead atoms. The van der Waals surface area contributed by atoms with Gasteiger partial charge in [-0.25, -0.2) is 0 Å². The summed E-state index contributed by atoms with van der Waals surface area (Å²) in [5.41, 5.74) is -3.33. The summed E-state index contributed by atoms with van der Waals surface area (Å²) in [6.45, 7) is -2.14. The van der Waals surface area contributed by atoms with Crippen LogP contribution in [0.15, 0.2) is 54.4 Å². The van der Waals surface area contributed by atoms with Crippen molar-refractivity contribution in [2.45, 2.75) is 37.8 Å². The SMILES string of the molecule is [2H]c1c([2H])c([2H])c([C@@](C)(OCC([2H])([2H])[C@H]2CCCN2C([2H])([2H])[2H])c2c([2H])c([2H])c(Cl)c([2H])c2[2H])c([2H])c1[2H]. The van der Waals surface area contributed by atoms with E-state index < -0.39 is 102 Å². The Morgan fingerprint density at radius 2 is 1.96 bits per heavy atom. The first kappa shape index (κ1) is 7.11. The molecule has 3 rings (SSSR count). The third-order valence-electron chi connectivity index (χ3n) is 3.98. The molecular formula is C21H26ClNO. The highest BCUT2D eigenvalue weighted by Crippen LogP contribution is 2.34. The monoisotopic (exact) mass is 357 g/mol. The van der Waals surface area contributed by atoms with Crippen molar-refractivity contribution in [1.82, 2.24) is 4.90 Å². The lowest BCUT2D eigenvalue weighted by Gasteiger charge is -2.32. The number of hydrogen-bond donors (Lipinski definition) is 0. The average molecular weight is 358 g/mol. The molecule has 0 unspecified atom stereocenters. The number of benzene rings is 2. The Labute approximate surface area is 170 Å². The van der Waals surface area contributed by atoms with Crippen LogP contribution >= 0.6 is 11.6 Å². The zero-order valence-corrected chi connectivity index (χ0v) is 13.9. The second-order valence-corrected chi connectivity index (χ2v) is 5.94. The van der Waals surface area contributed by atoms with Crippen LogP contribution in [0.5, 0.6) is 0 Å². The van der Waals surface area contributed by atoms with Gasteiger partial charge in [0.2, 0.25) is 0 Å². The lowest BCUT2D eigenvalue weighted by Crippen LogP contribution is -2.31. The zero-order chi connectivity index (χ0) is 29.1. The maximum absolute atomic E-state index is 8.65. The summed E-state index contributed by atoms with van der Waals surface area (Å²) in [4.78, 5) is 1.04. The Bertz CT molecular complexity index is 1140. The van der Waals surface area contributed by atoms with Gasteiger partial charge in [0, 0.05) is 24.5 Å². The number of nitrogens with zero attached hydrogens (tertiary/aromatic N) is 1. The van der Waals surface area contributed by atoms with Gasteiger partial charge in [-0.05, 0) is 62.9 Å². The molecule has 1 aliphatic rings. The van der Waals surface area contributed by atoms with Gasteiger partial charge in [-0.15, -0.1) is 0 Å². The minimum absolute atomic E-state index is 0.121. The van der Waals surface area contributed by atoms with E-state index in [2.05, 4.69) is 0 Å². The number of hydrogen-bond acceptors (Lipinski definition) is 2. The van der Waals surface area contributed by atoms with Gasteiger partial charge < -0.3 is 9.64 Å². The molecule has 1 heterocycles. The molecule has 1 saturated heterocycles. The van der Waals surface area contributed by atoms with Crippen molar-refractivity contribution in [2.24, 2.45) is 0 Å². The van der Waals surface area contributed by atoms with E-state index in [9.17, 15) is 0 Å². The van der Waals surface area contributed by atoms with Gasteiger partial charge in [0.25, 0.3) is 0 Å². The van der Waals surface area contributed by atoms with Crippen LogP contribution < -0.4 is 0 Å². The van der Waals surface area contributed by atoms with Crippen molar-refractivity contribution in [3.8, 4) is 0 Å². The van der Waals surface area contributed by atoms with Gasteiger partial charge in [-0.2, -0.15) is 0 Å². The smallest absolute Gasteiger partial charge is 0.115 e. The minimum Gasteiger partial charge on any atom is -0.366 e. The number of halogens is 1. The lowest BCUT2D eigenvalue weighted by molar-refractivity contribution is -0.0117. The van der Waals surface area contributed by atoms with E-state index in [1.807, 2.05) is 0 Å². The summed E-state index contributed by atoms with van der Waals surface area (Å²) in [5, 5.41) is -0.498. The Hall–Kier alpha value is -1.35. The Morgan fingerprint density at radius 3 is 2.67 bits per heavy atom. The second-order valence-electron chi connectivity index (χ2n) is 5.57. The molecule has 0 aliphatic carbocycles. The number of rotatable bonds is 6. The second kappa shape index (κ2) is 7.69. The summed E-state index contributed by atoms with van der Waals surface area (Å²) < 4.78 is 121. The van der Waals surface area contributed by atoms with E-state index in [4.69, 9.17) is 35.5 Å². The molecule has 0 radical (unpaired) electrons. The largest absolute Gasteiger partial charge is 0.366 e. The summed E-state index contributed by atoms with van der Waals surface area (Å²) >= 11 is 5.95. The molecule has 0 amide bonds. The maximum atomic E-state index is 8.65. The van der Waals surface area contributed by atoms with E-state index in [-0.39, 0.29) is 13.0 Å². The van der Waals surface area contributed by atoms with Gasteiger partial charge in [-0.1, -0.05) is 53.9 Å². The molecular weight excluding hydrogens is 318 g/mol. The van der Waals surface area contributed by atoms with Crippen molar-refractivity contribution < 1.29 is 23.9 Å². The standard InChI is InChI=1S/C21H26ClNO/c1-21(17-7-4-3-5-8-17,18-10-12-19(22)13-11-18)24-16-14-20-9-6-15-23(20)2/h3-5,7-8,10-13,20H,6,9,14-16H2,1-2H3/t20-,21-/m1/s1/i2D3,3D,4D,5D,7D,8D,10D,11D,12D,13D,14D2. The highest BCUT2D eigenvalue weighted by molar-refractivity contribution is 6.30. The zero-order valence-electron chi connectivity index (χ0n) is 27.1. The van der Waals surface area contributed by atoms with Gasteiger partial charge in [-0.3, -0.25) is 0 Å². The third kappa shape index (κ3) is 3.83. The van der Waals surface area contributed by atoms with Crippen LogP contribution in [0.25, 0.3) is 0 Å². The first-order chi connectivity index (χ1) is 17.3. The predicted molar refractivity (Wildman–Crippen MR) is 101 cm³/mol. The molecule has 2 aromatic carbocycles. The quantitative estimate of drug-likeness (QED) is 0.712. The molecule has 0 N–H and O–H groups in total. The highest BCUT2D eigenvalue weighted by Gasteiger charge is 2.30. The first-order valence-electron chi connectivity index (χ1n) is 14.5. The van der Waals surface area contributed by atoms with Crippen molar-refractivity contribution in [1.29, 1.82) is 0 Å². The van der Waals surface area contributed by atoms with Crippen LogP contribution in [0.3, 0.4) is 0 Å². The molecule has 24 heavy (non-hydrogen) atoms. The maximum Gasteiger partial charge on any atom is 0.115 e. The number of ether oxygens (including phenoxy) is 1. The van der Waals surface area contributed by atoms with Crippen molar-refractivity contribution >= 4 is 11.6 Å². The molecule has 0 aromatic heterocycles. The van der Waals surface area contributed by atoms with Gasteiger partial charge in [0.15, 0.2) is 0 Å². The summed E-state index contributed by atoms with van der Waals surface area (Å²) in [5.74, 6) is 0. The topological polar surface area (TPSA) is 12.5 Å². The van der Waals surface area contributed by atoms with Crippen LogP contribution in [0.4, 0.5) is 0 Å². The molecule has 1 fully saturated rings. The molecule has 0 saturated carbocycles. The summed E-state index contributed by atoms with van der Waals surface area (Å²) in [7, 11) is 0. The fourth-order valence-electron chi connectivity index (χ4n) is 2.55. The van der Waals surface area contributed by atoms with E-state index in [1.54, 1.807) is 0 Å². The Kier molecular flexibility index (Phi) is 2.28. The highest BCUT2D eigenvalue weighted by atomic mass is 35.5. The van der Waals surface area contributed by atoms with E-state index in [0.29, 0.717) is 6.42 Å². The molecule has 2 nitrogen and oxygen atoms in total.